The third-order valence-corrected chi connectivity index (χ3v) is 2.78. The Kier molecular flexibility index (Phi) is 6.30. The Morgan fingerprint density at radius 1 is 1.47 bits per heavy atom. The van der Waals surface area contributed by atoms with Gasteiger partial charge in [-0.25, -0.2) is 4.39 Å². The molecule has 17 heavy (non-hydrogen) atoms. The summed E-state index contributed by atoms with van der Waals surface area (Å²) < 4.78 is 18.8. The van der Waals surface area contributed by atoms with E-state index in [0.29, 0.717) is 19.2 Å². The average Bonchev–Trinajstić information content (AvgIpc) is 2.30. The van der Waals surface area contributed by atoms with Gasteiger partial charge in [0.2, 0.25) is 0 Å². The van der Waals surface area contributed by atoms with Crippen LogP contribution in [0.5, 0.6) is 5.75 Å². The van der Waals surface area contributed by atoms with Crippen LogP contribution in [0.15, 0.2) is 18.2 Å². The van der Waals surface area contributed by atoms with Gasteiger partial charge in [-0.1, -0.05) is 31.0 Å². The predicted molar refractivity (Wildman–Crippen MR) is 69.3 cm³/mol. The average molecular weight is 260 g/mol. The summed E-state index contributed by atoms with van der Waals surface area (Å²) in [6.07, 6.45) is 2.28. The highest BCUT2D eigenvalue weighted by Gasteiger charge is 2.06. The molecule has 1 rings (SSSR count). The van der Waals surface area contributed by atoms with E-state index >= 15 is 0 Å². The van der Waals surface area contributed by atoms with Gasteiger partial charge in [0, 0.05) is 12.6 Å². The van der Waals surface area contributed by atoms with Crippen LogP contribution in [0.1, 0.15) is 26.7 Å². The van der Waals surface area contributed by atoms with Crippen LogP contribution in [0.3, 0.4) is 0 Å². The molecule has 0 spiro atoms. The summed E-state index contributed by atoms with van der Waals surface area (Å²) in [5.74, 6) is -0.279. The van der Waals surface area contributed by atoms with Crippen molar-refractivity contribution in [2.24, 2.45) is 0 Å². The normalized spacial score (nSPS) is 12.5. The van der Waals surface area contributed by atoms with Crippen molar-refractivity contribution in [3.05, 3.63) is 29.0 Å². The molecule has 1 aromatic carbocycles. The van der Waals surface area contributed by atoms with Crippen LogP contribution in [0.25, 0.3) is 0 Å². The molecular formula is C13H19ClFNO. The van der Waals surface area contributed by atoms with E-state index in [-0.39, 0.29) is 10.8 Å². The van der Waals surface area contributed by atoms with Crippen LogP contribution < -0.4 is 10.1 Å². The molecule has 96 valence electrons. The maximum absolute atomic E-state index is 13.4. The van der Waals surface area contributed by atoms with Gasteiger partial charge in [-0.15, -0.1) is 0 Å². The summed E-state index contributed by atoms with van der Waals surface area (Å²) in [5, 5.41) is 3.40. The van der Waals surface area contributed by atoms with Gasteiger partial charge >= 0.3 is 0 Å². The van der Waals surface area contributed by atoms with Gasteiger partial charge in [0.1, 0.15) is 6.61 Å². The van der Waals surface area contributed by atoms with Gasteiger partial charge in [0.05, 0.1) is 5.02 Å². The Labute approximate surface area is 107 Å². The standard InChI is InChI=1S/C13H19ClFNO/c1-3-5-10(2)16-8-9-17-12-7-4-6-11(14)13(12)15/h4,6-7,10,16H,3,5,8-9H2,1-2H3. The van der Waals surface area contributed by atoms with E-state index in [1.165, 1.54) is 6.07 Å². The van der Waals surface area contributed by atoms with Crippen molar-refractivity contribution in [1.82, 2.24) is 5.32 Å². The SMILES string of the molecule is CCCC(C)NCCOc1cccc(Cl)c1F. The van der Waals surface area contributed by atoms with Crippen molar-refractivity contribution in [1.29, 1.82) is 0 Å². The molecule has 1 N–H and O–H groups in total. The van der Waals surface area contributed by atoms with Crippen molar-refractivity contribution in [2.75, 3.05) is 13.2 Å². The molecule has 0 fully saturated rings. The molecule has 0 amide bonds. The van der Waals surface area contributed by atoms with Crippen LogP contribution in [0, 0.1) is 5.82 Å². The Hall–Kier alpha value is -0.800. The van der Waals surface area contributed by atoms with Gasteiger partial charge in [-0.2, -0.15) is 0 Å². The summed E-state index contributed by atoms with van der Waals surface area (Å²) in [6.45, 7) is 5.41. The van der Waals surface area contributed by atoms with Crippen LogP contribution in [0.2, 0.25) is 5.02 Å². The summed E-state index contributed by atoms with van der Waals surface area (Å²) >= 11 is 5.65. The molecule has 0 aromatic heterocycles. The largest absolute Gasteiger partial charge is 0.489 e. The number of hydrogen-bond donors (Lipinski definition) is 1. The molecule has 0 aliphatic rings. The molecule has 2 nitrogen and oxygen atoms in total. The Balaban J connectivity index is 2.29. The van der Waals surface area contributed by atoms with Gasteiger partial charge in [0.25, 0.3) is 0 Å². The fourth-order valence-electron chi connectivity index (χ4n) is 1.60. The zero-order chi connectivity index (χ0) is 12.7. The summed E-state index contributed by atoms with van der Waals surface area (Å²) in [6, 6.07) is 5.23. The minimum absolute atomic E-state index is 0.0924. The first-order valence-corrected chi connectivity index (χ1v) is 6.33. The minimum Gasteiger partial charge on any atom is -0.489 e. The first-order valence-electron chi connectivity index (χ1n) is 5.95. The molecule has 1 atom stereocenters. The van der Waals surface area contributed by atoms with Crippen LogP contribution >= 0.6 is 11.6 Å². The first kappa shape index (κ1) is 14.3. The number of halogens is 2. The molecule has 0 aliphatic heterocycles. The van der Waals surface area contributed by atoms with Crippen LogP contribution in [-0.4, -0.2) is 19.2 Å². The van der Waals surface area contributed by atoms with E-state index in [4.69, 9.17) is 16.3 Å². The fraction of sp³-hybridized carbons (Fsp3) is 0.538. The second-order valence-electron chi connectivity index (χ2n) is 4.04. The highest BCUT2D eigenvalue weighted by atomic mass is 35.5. The topological polar surface area (TPSA) is 21.3 Å². The smallest absolute Gasteiger partial charge is 0.183 e. The van der Waals surface area contributed by atoms with Crippen LogP contribution in [0.4, 0.5) is 4.39 Å². The van der Waals surface area contributed by atoms with Crippen molar-refractivity contribution in [2.45, 2.75) is 32.7 Å². The quantitative estimate of drug-likeness (QED) is 0.755. The summed E-state index contributed by atoms with van der Waals surface area (Å²) in [4.78, 5) is 0. The summed E-state index contributed by atoms with van der Waals surface area (Å²) in [5.41, 5.74) is 0. The zero-order valence-electron chi connectivity index (χ0n) is 10.3. The lowest BCUT2D eigenvalue weighted by atomic mass is 10.2. The van der Waals surface area contributed by atoms with E-state index in [9.17, 15) is 4.39 Å². The number of ether oxygens (including phenoxy) is 1. The third kappa shape index (κ3) is 4.92. The molecule has 0 radical (unpaired) electrons. The summed E-state index contributed by atoms with van der Waals surface area (Å²) in [7, 11) is 0. The van der Waals surface area contributed by atoms with Gasteiger partial charge < -0.3 is 10.1 Å². The second kappa shape index (κ2) is 7.51. The van der Waals surface area contributed by atoms with E-state index in [2.05, 4.69) is 19.2 Å². The highest BCUT2D eigenvalue weighted by Crippen LogP contribution is 2.23. The molecule has 1 aromatic rings. The van der Waals surface area contributed by atoms with E-state index < -0.39 is 5.82 Å². The fourth-order valence-corrected chi connectivity index (χ4v) is 1.76. The molecule has 4 heteroatoms. The monoisotopic (exact) mass is 259 g/mol. The molecule has 1 unspecified atom stereocenters. The first-order chi connectivity index (χ1) is 8.15. The maximum Gasteiger partial charge on any atom is 0.183 e. The number of hydrogen-bond acceptors (Lipinski definition) is 2. The lowest BCUT2D eigenvalue weighted by Crippen LogP contribution is -2.30. The Morgan fingerprint density at radius 2 is 2.24 bits per heavy atom. The lowest BCUT2D eigenvalue weighted by Gasteiger charge is -2.13. The molecular weight excluding hydrogens is 241 g/mol. The third-order valence-electron chi connectivity index (χ3n) is 2.49. The van der Waals surface area contributed by atoms with Crippen LogP contribution in [-0.2, 0) is 0 Å². The zero-order valence-corrected chi connectivity index (χ0v) is 11.1. The molecule has 0 saturated carbocycles. The van der Waals surface area contributed by atoms with Crippen molar-refractivity contribution in [3.8, 4) is 5.75 Å². The van der Waals surface area contributed by atoms with E-state index in [0.717, 1.165) is 12.8 Å². The second-order valence-corrected chi connectivity index (χ2v) is 4.45. The Bertz CT molecular complexity index is 346. The molecule has 0 aliphatic carbocycles. The van der Waals surface area contributed by atoms with Gasteiger partial charge in [0.15, 0.2) is 11.6 Å². The van der Waals surface area contributed by atoms with E-state index in [1.54, 1.807) is 12.1 Å². The molecule has 0 saturated heterocycles. The highest BCUT2D eigenvalue weighted by molar-refractivity contribution is 6.30. The van der Waals surface area contributed by atoms with Crippen molar-refractivity contribution >= 4 is 11.6 Å². The molecule has 0 heterocycles. The number of benzene rings is 1. The number of rotatable bonds is 7. The van der Waals surface area contributed by atoms with Crippen molar-refractivity contribution in [3.63, 3.8) is 0 Å². The lowest BCUT2D eigenvalue weighted by molar-refractivity contribution is 0.291. The predicted octanol–water partition coefficient (Wildman–Crippen LogP) is 3.64. The van der Waals surface area contributed by atoms with Gasteiger partial charge in [-0.3, -0.25) is 0 Å². The van der Waals surface area contributed by atoms with Gasteiger partial charge in [-0.05, 0) is 25.5 Å². The maximum atomic E-state index is 13.4. The Morgan fingerprint density at radius 3 is 2.94 bits per heavy atom. The van der Waals surface area contributed by atoms with E-state index in [1.807, 2.05) is 0 Å². The number of nitrogens with one attached hydrogen (secondary N) is 1. The van der Waals surface area contributed by atoms with Crippen molar-refractivity contribution < 1.29 is 9.13 Å². The minimum atomic E-state index is -0.490. The molecule has 0 bridgehead atoms.